The molecule has 0 saturated carbocycles. The number of hydrogen-bond donors (Lipinski definition) is 2. The third-order valence-electron chi connectivity index (χ3n) is 6.13. The Bertz CT molecular complexity index is 948. The monoisotopic (exact) mass is 429 g/mol. The van der Waals surface area contributed by atoms with E-state index in [1.54, 1.807) is 6.20 Å². The van der Waals surface area contributed by atoms with Gasteiger partial charge < -0.3 is 15.5 Å². The molecule has 7 nitrogen and oxygen atoms in total. The molecule has 31 heavy (non-hydrogen) atoms. The second-order valence-corrected chi connectivity index (χ2v) is 7.98. The van der Waals surface area contributed by atoms with E-state index in [2.05, 4.69) is 25.4 Å². The van der Waals surface area contributed by atoms with Crippen LogP contribution in [0, 0.1) is 11.6 Å². The van der Waals surface area contributed by atoms with Crippen molar-refractivity contribution < 1.29 is 18.4 Å². The van der Waals surface area contributed by atoms with Gasteiger partial charge in [-0.1, -0.05) is 6.07 Å². The molecule has 2 aliphatic heterocycles. The number of halogens is 2. The number of likely N-dealkylation sites (tertiary alicyclic amines) is 1. The minimum absolute atomic E-state index is 0.0719. The molecule has 1 aromatic heterocycles. The normalized spacial score (nSPS) is 18.8. The molecule has 3 heterocycles. The Labute approximate surface area is 179 Å². The predicted molar refractivity (Wildman–Crippen MR) is 110 cm³/mol. The minimum atomic E-state index is -1.04. The highest BCUT2D eigenvalue weighted by Crippen LogP contribution is 2.33. The smallest absolute Gasteiger partial charge is 0.251 e. The van der Waals surface area contributed by atoms with Crippen LogP contribution in [-0.2, 0) is 11.3 Å². The summed E-state index contributed by atoms with van der Waals surface area (Å²) in [6.07, 6.45) is 4.96. The summed E-state index contributed by atoms with van der Waals surface area (Å²) >= 11 is 0. The van der Waals surface area contributed by atoms with Crippen LogP contribution >= 0.6 is 0 Å². The molecule has 2 aliphatic rings. The number of pyridine rings is 1. The van der Waals surface area contributed by atoms with Gasteiger partial charge in [0, 0.05) is 50.7 Å². The Morgan fingerprint density at radius 2 is 2.00 bits per heavy atom. The first-order valence-electron chi connectivity index (χ1n) is 10.4. The summed E-state index contributed by atoms with van der Waals surface area (Å²) in [7, 11) is 0. The van der Waals surface area contributed by atoms with Crippen molar-refractivity contribution in [1.82, 2.24) is 25.4 Å². The number of aromatic nitrogens is 1. The summed E-state index contributed by atoms with van der Waals surface area (Å²) in [5.74, 6) is -2.39. The summed E-state index contributed by atoms with van der Waals surface area (Å²) in [6, 6.07) is 7.00. The van der Waals surface area contributed by atoms with E-state index in [0.29, 0.717) is 39.1 Å². The molecular formula is C22H25F2N5O2. The highest BCUT2D eigenvalue weighted by Gasteiger charge is 2.49. The van der Waals surface area contributed by atoms with Crippen LogP contribution in [0.4, 0.5) is 8.78 Å². The van der Waals surface area contributed by atoms with Gasteiger partial charge in [-0.2, -0.15) is 0 Å². The zero-order valence-electron chi connectivity index (χ0n) is 17.1. The number of carbonyl (C=O) groups is 2. The van der Waals surface area contributed by atoms with Gasteiger partial charge in [0.2, 0.25) is 5.91 Å². The lowest BCUT2D eigenvalue weighted by Gasteiger charge is -2.42. The van der Waals surface area contributed by atoms with Crippen molar-refractivity contribution in [3.8, 4) is 0 Å². The van der Waals surface area contributed by atoms with E-state index in [-0.39, 0.29) is 11.5 Å². The Morgan fingerprint density at radius 3 is 2.71 bits per heavy atom. The van der Waals surface area contributed by atoms with Crippen LogP contribution in [-0.4, -0.2) is 65.0 Å². The first kappa shape index (κ1) is 21.3. The maximum atomic E-state index is 13.3. The maximum absolute atomic E-state index is 13.3. The minimum Gasteiger partial charge on any atom is -0.351 e. The zero-order chi connectivity index (χ0) is 21.8. The molecule has 0 bridgehead atoms. The molecule has 0 atom stereocenters. The predicted octanol–water partition coefficient (Wildman–Crippen LogP) is 1.51. The van der Waals surface area contributed by atoms with Gasteiger partial charge in [0.15, 0.2) is 11.6 Å². The molecule has 0 unspecified atom stereocenters. The lowest BCUT2D eigenvalue weighted by Crippen LogP contribution is -2.56. The average molecular weight is 429 g/mol. The number of amides is 2. The third kappa shape index (κ3) is 4.57. The quantitative estimate of drug-likeness (QED) is 0.728. The van der Waals surface area contributed by atoms with Gasteiger partial charge in [0.25, 0.3) is 5.91 Å². The zero-order valence-corrected chi connectivity index (χ0v) is 17.1. The number of piperidine rings is 1. The van der Waals surface area contributed by atoms with E-state index >= 15 is 0 Å². The summed E-state index contributed by atoms with van der Waals surface area (Å²) in [6.45, 7) is 3.66. The van der Waals surface area contributed by atoms with Crippen molar-refractivity contribution >= 4 is 11.8 Å². The van der Waals surface area contributed by atoms with Gasteiger partial charge in [0.05, 0.1) is 6.67 Å². The molecule has 9 heteroatoms. The fourth-order valence-electron chi connectivity index (χ4n) is 4.30. The fourth-order valence-corrected chi connectivity index (χ4v) is 4.30. The number of hydrogen-bond acceptors (Lipinski definition) is 5. The average Bonchev–Trinajstić information content (AvgIpc) is 3.07. The summed E-state index contributed by atoms with van der Waals surface area (Å²) in [4.78, 5) is 33.3. The van der Waals surface area contributed by atoms with Crippen LogP contribution in [0.5, 0.6) is 0 Å². The maximum Gasteiger partial charge on any atom is 0.251 e. The Morgan fingerprint density at radius 1 is 1.19 bits per heavy atom. The van der Waals surface area contributed by atoms with Gasteiger partial charge in [-0.05, 0) is 42.7 Å². The first-order chi connectivity index (χ1) is 15.0. The molecule has 2 saturated heterocycles. The van der Waals surface area contributed by atoms with Gasteiger partial charge >= 0.3 is 0 Å². The molecule has 0 radical (unpaired) electrons. The van der Waals surface area contributed by atoms with E-state index in [1.807, 2.05) is 18.3 Å². The fraction of sp³-hybridized carbons (Fsp3) is 0.409. The van der Waals surface area contributed by atoms with Crippen molar-refractivity contribution in [3.63, 3.8) is 0 Å². The summed E-state index contributed by atoms with van der Waals surface area (Å²) in [5, 5.41) is 5.72. The van der Waals surface area contributed by atoms with Crippen LogP contribution in [0.25, 0.3) is 0 Å². The Hall–Kier alpha value is -2.91. The largest absolute Gasteiger partial charge is 0.351 e. The lowest BCUT2D eigenvalue weighted by atomic mass is 9.86. The molecule has 4 rings (SSSR count). The van der Waals surface area contributed by atoms with Crippen LogP contribution < -0.4 is 10.6 Å². The standard InChI is InChI=1S/C22H25F2N5O2/c23-18-4-3-17(12-19(18)24)20(30)26-8-11-28-9-5-22(6-10-28)21(31)27-15-29(22)14-16-2-1-7-25-13-16/h1-4,7,12-13H,5-6,8-11,14-15H2,(H,26,30)(H,27,31). The Balaban J connectivity index is 1.28. The molecule has 2 amide bonds. The third-order valence-corrected chi connectivity index (χ3v) is 6.13. The van der Waals surface area contributed by atoms with Crippen molar-refractivity contribution in [2.24, 2.45) is 0 Å². The first-order valence-corrected chi connectivity index (χ1v) is 10.4. The highest BCUT2D eigenvalue weighted by molar-refractivity contribution is 5.94. The van der Waals surface area contributed by atoms with E-state index in [9.17, 15) is 18.4 Å². The second kappa shape index (κ2) is 9.07. The van der Waals surface area contributed by atoms with E-state index in [1.165, 1.54) is 6.07 Å². The highest BCUT2D eigenvalue weighted by atomic mass is 19.2. The molecule has 0 aliphatic carbocycles. The van der Waals surface area contributed by atoms with Crippen LogP contribution in [0.2, 0.25) is 0 Å². The van der Waals surface area contributed by atoms with Crippen LogP contribution in [0.1, 0.15) is 28.8 Å². The number of benzene rings is 1. The van der Waals surface area contributed by atoms with Crippen LogP contribution in [0.3, 0.4) is 0 Å². The van der Waals surface area contributed by atoms with E-state index < -0.39 is 23.1 Å². The number of nitrogens with one attached hydrogen (secondary N) is 2. The van der Waals surface area contributed by atoms with Gasteiger partial charge in [-0.15, -0.1) is 0 Å². The van der Waals surface area contributed by atoms with Gasteiger partial charge in [-0.3, -0.25) is 19.5 Å². The SMILES string of the molecule is O=C(NCCN1CCC2(CC1)C(=O)NCN2Cc1cccnc1)c1ccc(F)c(F)c1. The summed E-state index contributed by atoms with van der Waals surface area (Å²) in [5.41, 5.74) is 0.646. The molecule has 2 aromatic rings. The van der Waals surface area contributed by atoms with Crippen molar-refractivity contribution in [3.05, 3.63) is 65.5 Å². The van der Waals surface area contributed by atoms with Gasteiger partial charge in [0.1, 0.15) is 5.54 Å². The van der Waals surface area contributed by atoms with Crippen molar-refractivity contribution in [2.45, 2.75) is 24.9 Å². The number of carbonyl (C=O) groups excluding carboxylic acids is 2. The molecule has 1 spiro atoms. The topological polar surface area (TPSA) is 77.6 Å². The number of nitrogens with zero attached hydrogens (tertiary/aromatic N) is 3. The number of rotatable bonds is 6. The van der Waals surface area contributed by atoms with Gasteiger partial charge in [-0.25, -0.2) is 8.78 Å². The van der Waals surface area contributed by atoms with E-state index in [0.717, 1.165) is 30.8 Å². The molecule has 2 fully saturated rings. The van der Waals surface area contributed by atoms with E-state index in [4.69, 9.17) is 0 Å². The second-order valence-electron chi connectivity index (χ2n) is 7.98. The van der Waals surface area contributed by atoms with Crippen molar-refractivity contribution in [1.29, 1.82) is 0 Å². The molecule has 1 aromatic carbocycles. The molecular weight excluding hydrogens is 404 g/mol. The lowest BCUT2D eigenvalue weighted by molar-refractivity contribution is -0.129. The molecule has 164 valence electrons. The van der Waals surface area contributed by atoms with Crippen LogP contribution in [0.15, 0.2) is 42.7 Å². The Kier molecular flexibility index (Phi) is 6.24. The molecule has 2 N–H and O–H groups in total. The van der Waals surface area contributed by atoms with Crippen molar-refractivity contribution in [2.75, 3.05) is 32.8 Å². The summed E-state index contributed by atoms with van der Waals surface area (Å²) < 4.78 is 26.3.